The molecule has 0 heterocycles. The Morgan fingerprint density at radius 1 is 1.25 bits per heavy atom. The number of ether oxygens (including phenoxy) is 1. The highest BCUT2D eigenvalue weighted by atomic mass is 35.7. The summed E-state index contributed by atoms with van der Waals surface area (Å²) in [5.41, 5.74) is 0.112. The van der Waals surface area contributed by atoms with E-state index in [1.807, 2.05) is 0 Å². The lowest BCUT2D eigenvalue weighted by atomic mass is 10.3. The third-order valence-electron chi connectivity index (χ3n) is 2.39. The molecule has 0 amide bonds. The Morgan fingerprint density at radius 3 is 2.30 bits per heavy atom. The minimum Gasteiger partial charge on any atom is -0.492 e. The van der Waals surface area contributed by atoms with Crippen molar-refractivity contribution in [1.82, 2.24) is 0 Å². The van der Waals surface area contributed by atoms with Gasteiger partial charge in [-0.2, -0.15) is 0 Å². The predicted octanol–water partition coefficient (Wildman–Crippen LogP) is 2.16. The van der Waals surface area contributed by atoms with E-state index in [1.54, 1.807) is 6.92 Å². The van der Waals surface area contributed by atoms with Crippen molar-refractivity contribution in [3.63, 3.8) is 0 Å². The predicted molar refractivity (Wildman–Crippen MR) is 78.3 cm³/mol. The Hall–Kier alpha value is -0.990. The number of rotatable bonds is 6. The van der Waals surface area contributed by atoms with Crippen LogP contribution in [0.5, 0.6) is 5.75 Å². The number of benzene rings is 1. The van der Waals surface area contributed by atoms with Gasteiger partial charge in [0.1, 0.15) is 10.6 Å². The molecular weight excluding hydrogens is 326 g/mol. The molecule has 0 aliphatic heterocycles. The molecule has 0 atom stereocenters. The van der Waals surface area contributed by atoms with E-state index in [9.17, 15) is 16.8 Å². The van der Waals surface area contributed by atoms with Crippen molar-refractivity contribution in [1.29, 1.82) is 0 Å². The first kappa shape index (κ1) is 17.1. The normalized spacial score (nSPS) is 12.4. The quantitative estimate of drug-likeness (QED) is 0.801. The smallest absolute Gasteiger partial charge is 0.265 e. The Labute approximate surface area is 123 Å². The third-order valence-corrected chi connectivity index (χ3v) is 5.49. The molecule has 1 aromatic carbocycles. The van der Waals surface area contributed by atoms with Crippen LogP contribution in [0, 0.1) is 0 Å². The van der Waals surface area contributed by atoms with E-state index >= 15 is 0 Å². The molecule has 0 radical (unpaired) electrons. The van der Waals surface area contributed by atoms with Crippen LogP contribution in [-0.2, 0) is 19.1 Å². The summed E-state index contributed by atoms with van der Waals surface area (Å²) >= 11 is 0. The van der Waals surface area contributed by atoms with Crippen molar-refractivity contribution in [2.45, 2.75) is 30.9 Å². The fourth-order valence-corrected chi connectivity index (χ4v) is 3.01. The van der Waals surface area contributed by atoms with Gasteiger partial charge >= 0.3 is 0 Å². The van der Waals surface area contributed by atoms with Crippen LogP contribution in [0.15, 0.2) is 23.1 Å². The van der Waals surface area contributed by atoms with Crippen molar-refractivity contribution in [2.24, 2.45) is 0 Å². The van der Waals surface area contributed by atoms with E-state index in [2.05, 4.69) is 4.72 Å². The fraction of sp³-hybridized carbons (Fsp3) is 0.455. The van der Waals surface area contributed by atoms with Gasteiger partial charge < -0.3 is 4.74 Å². The summed E-state index contributed by atoms with van der Waals surface area (Å²) < 4.78 is 53.9. The molecule has 1 aromatic rings. The maximum absolute atomic E-state index is 11.7. The van der Waals surface area contributed by atoms with Crippen LogP contribution in [0.2, 0.25) is 0 Å². The maximum atomic E-state index is 11.7. The van der Waals surface area contributed by atoms with Gasteiger partial charge in [-0.05, 0) is 39.0 Å². The van der Waals surface area contributed by atoms with Crippen molar-refractivity contribution < 1.29 is 21.6 Å². The summed E-state index contributed by atoms with van der Waals surface area (Å²) in [5.74, 6) is 0.0787. The van der Waals surface area contributed by atoms with Crippen LogP contribution in [-0.4, -0.2) is 28.7 Å². The van der Waals surface area contributed by atoms with E-state index in [4.69, 9.17) is 15.4 Å². The standard InChI is InChI=1S/C11H16ClNO5S2/c1-4-18-10-6-5-9(7-11(10)19(12,14)15)13-20(16,17)8(2)3/h5-8,13H,4H2,1-3H3. The molecule has 9 heteroatoms. The highest BCUT2D eigenvalue weighted by Gasteiger charge is 2.20. The summed E-state index contributed by atoms with van der Waals surface area (Å²) in [4.78, 5) is -0.273. The number of nitrogens with one attached hydrogen (secondary N) is 1. The Bertz CT molecular complexity index is 683. The molecule has 0 aliphatic carbocycles. The highest BCUT2D eigenvalue weighted by molar-refractivity contribution is 8.13. The van der Waals surface area contributed by atoms with Gasteiger partial charge in [0.25, 0.3) is 9.05 Å². The van der Waals surface area contributed by atoms with Gasteiger partial charge in [0.15, 0.2) is 0 Å². The minimum atomic E-state index is -4.04. The fourth-order valence-electron chi connectivity index (χ4n) is 1.32. The molecule has 6 nitrogen and oxygen atoms in total. The molecule has 0 fully saturated rings. The number of halogens is 1. The van der Waals surface area contributed by atoms with Gasteiger partial charge in [-0.1, -0.05) is 0 Å². The van der Waals surface area contributed by atoms with Crippen molar-refractivity contribution in [3.8, 4) is 5.75 Å². The topological polar surface area (TPSA) is 89.5 Å². The number of anilines is 1. The second-order valence-electron chi connectivity index (χ2n) is 4.23. The Kier molecular flexibility index (Phi) is 5.28. The van der Waals surface area contributed by atoms with E-state index in [0.717, 1.165) is 6.07 Å². The van der Waals surface area contributed by atoms with Gasteiger partial charge in [0.2, 0.25) is 10.0 Å². The molecule has 1 rings (SSSR count). The van der Waals surface area contributed by atoms with Crippen LogP contribution in [0.1, 0.15) is 20.8 Å². The van der Waals surface area contributed by atoms with Gasteiger partial charge in [-0.3, -0.25) is 4.72 Å². The van der Waals surface area contributed by atoms with Crippen LogP contribution in [0.3, 0.4) is 0 Å². The molecule has 20 heavy (non-hydrogen) atoms. The largest absolute Gasteiger partial charge is 0.492 e. The zero-order valence-corrected chi connectivity index (χ0v) is 13.6. The van der Waals surface area contributed by atoms with Crippen molar-refractivity contribution >= 4 is 35.4 Å². The molecule has 0 saturated heterocycles. The molecule has 0 spiro atoms. The Balaban J connectivity index is 3.27. The van der Waals surface area contributed by atoms with E-state index in [0.29, 0.717) is 0 Å². The van der Waals surface area contributed by atoms with E-state index in [-0.39, 0.29) is 22.9 Å². The Morgan fingerprint density at radius 2 is 1.85 bits per heavy atom. The second kappa shape index (κ2) is 6.19. The first-order valence-corrected chi connectivity index (χ1v) is 9.66. The van der Waals surface area contributed by atoms with Gasteiger partial charge in [-0.15, -0.1) is 0 Å². The lowest BCUT2D eigenvalue weighted by Gasteiger charge is -2.13. The molecule has 0 aliphatic rings. The molecule has 0 saturated carbocycles. The van der Waals surface area contributed by atoms with E-state index < -0.39 is 24.3 Å². The molecule has 0 unspecified atom stereocenters. The summed E-state index contributed by atoms with van der Waals surface area (Å²) in [7, 11) is -2.29. The van der Waals surface area contributed by atoms with Crippen LogP contribution in [0.25, 0.3) is 0 Å². The maximum Gasteiger partial charge on any atom is 0.265 e. The molecule has 114 valence electrons. The minimum absolute atomic E-state index is 0.0787. The zero-order valence-electron chi connectivity index (χ0n) is 11.3. The van der Waals surface area contributed by atoms with Crippen molar-refractivity contribution in [2.75, 3.05) is 11.3 Å². The SMILES string of the molecule is CCOc1ccc(NS(=O)(=O)C(C)C)cc1S(=O)(=O)Cl. The lowest BCUT2D eigenvalue weighted by Crippen LogP contribution is -2.22. The van der Waals surface area contributed by atoms with Crippen LogP contribution < -0.4 is 9.46 Å². The summed E-state index contributed by atoms with van der Waals surface area (Å²) in [6.45, 7) is 4.97. The summed E-state index contributed by atoms with van der Waals surface area (Å²) in [6.07, 6.45) is 0. The lowest BCUT2D eigenvalue weighted by molar-refractivity contribution is 0.331. The van der Waals surface area contributed by atoms with E-state index in [1.165, 1.54) is 26.0 Å². The average molecular weight is 342 g/mol. The highest BCUT2D eigenvalue weighted by Crippen LogP contribution is 2.30. The molecular formula is C11H16ClNO5S2. The second-order valence-corrected chi connectivity index (χ2v) is 9.00. The monoisotopic (exact) mass is 341 g/mol. The summed E-state index contributed by atoms with van der Waals surface area (Å²) in [5, 5.41) is -0.648. The third kappa shape index (κ3) is 4.26. The zero-order chi connectivity index (χ0) is 15.6. The number of sulfonamides is 1. The van der Waals surface area contributed by atoms with Gasteiger partial charge in [-0.25, -0.2) is 16.8 Å². The van der Waals surface area contributed by atoms with Crippen molar-refractivity contribution in [3.05, 3.63) is 18.2 Å². The van der Waals surface area contributed by atoms with Gasteiger partial charge in [0, 0.05) is 10.7 Å². The number of hydrogen-bond acceptors (Lipinski definition) is 5. The molecule has 0 bridgehead atoms. The average Bonchev–Trinajstić information content (AvgIpc) is 2.29. The molecule has 1 N–H and O–H groups in total. The first-order chi connectivity index (χ1) is 9.08. The molecule has 0 aromatic heterocycles. The summed E-state index contributed by atoms with van der Waals surface area (Å²) in [6, 6.07) is 3.90. The van der Waals surface area contributed by atoms with Gasteiger partial charge in [0.05, 0.1) is 17.5 Å². The number of hydrogen-bond donors (Lipinski definition) is 1. The van der Waals surface area contributed by atoms with Crippen LogP contribution >= 0.6 is 10.7 Å². The first-order valence-electron chi connectivity index (χ1n) is 5.81. The van der Waals surface area contributed by atoms with Crippen LogP contribution in [0.4, 0.5) is 5.69 Å².